The third kappa shape index (κ3) is 4.87. The molecule has 3 rings (SSSR count). The molecule has 0 radical (unpaired) electrons. The lowest BCUT2D eigenvalue weighted by Gasteiger charge is -2.16. The molecule has 0 aliphatic rings. The van der Waals surface area contributed by atoms with Crippen molar-refractivity contribution in [1.82, 2.24) is 19.3 Å². The molecule has 0 aliphatic heterocycles. The Hall–Kier alpha value is -2.03. The fourth-order valence-electron chi connectivity index (χ4n) is 3.65. The Labute approximate surface area is 166 Å². The summed E-state index contributed by atoms with van der Waals surface area (Å²) in [6.45, 7) is 5.38. The van der Waals surface area contributed by atoms with Crippen molar-refractivity contribution >= 4 is 32.0 Å². The summed E-state index contributed by atoms with van der Waals surface area (Å²) in [6.07, 6.45) is 5.52. The molecular weight excluding hydrogens is 374 g/mol. The zero-order valence-electron chi connectivity index (χ0n) is 16.7. The van der Waals surface area contributed by atoms with Crippen molar-refractivity contribution < 1.29 is 8.42 Å². The van der Waals surface area contributed by atoms with Gasteiger partial charge in [-0.2, -0.15) is 0 Å². The van der Waals surface area contributed by atoms with Crippen LogP contribution in [0.4, 0.5) is 0 Å². The van der Waals surface area contributed by atoms with Crippen molar-refractivity contribution in [2.24, 2.45) is 5.73 Å². The fourth-order valence-corrected chi connectivity index (χ4v) is 4.17. The molecule has 0 aliphatic carbocycles. The highest BCUT2D eigenvalue weighted by Gasteiger charge is 2.19. The van der Waals surface area contributed by atoms with Crippen LogP contribution in [0.25, 0.3) is 21.9 Å². The molecule has 8 heteroatoms. The fraction of sp³-hybridized carbons (Fsp3) is 0.500. The maximum atomic E-state index is 11.2. The van der Waals surface area contributed by atoms with E-state index in [0.29, 0.717) is 6.54 Å². The number of hydrogen-bond acceptors (Lipinski definition) is 5. The van der Waals surface area contributed by atoms with Crippen LogP contribution in [0.2, 0.25) is 0 Å². The first-order chi connectivity index (χ1) is 13.3. The van der Waals surface area contributed by atoms with Crippen LogP contribution in [0.3, 0.4) is 0 Å². The summed E-state index contributed by atoms with van der Waals surface area (Å²) < 4.78 is 27.1. The molecule has 0 spiro atoms. The van der Waals surface area contributed by atoms with Crippen molar-refractivity contribution in [3.8, 4) is 0 Å². The van der Waals surface area contributed by atoms with Gasteiger partial charge >= 0.3 is 0 Å². The van der Waals surface area contributed by atoms with Gasteiger partial charge in [0.05, 0.1) is 29.3 Å². The number of benzene rings is 1. The van der Waals surface area contributed by atoms with E-state index in [1.165, 1.54) is 6.26 Å². The second kappa shape index (κ2) is 8.55. The highest BCUT2D eigenvalue weighted by atomic mass is 32.2. The molecule has 2 atom stereocenters. The van der Waals surface area contributed by atoms with E-state index in [1.807, 2.05) is 31.5 Å². The lowest BCUT2D eigenvalue weighted by Crippen LogP contribution is -2.23. The van der Waals surface area contributed by atoms with Gasteiger partial charge in [0.2, 0.25) is 10.0 Å². The van der Waals surface area contributed by atoms with Crippen LogP contribution in [0.5, 0.6) is 0 Å². The molecule has 28 heavy (non-hydrogen) atoms. The maximum absolute atomic E-state index is 11.2. The van der Waals surface area contributed by atoms with E-state index in [2.05, 4.69) is 27.3 Å². The van der Waals surface area contributed by atoms with Gasteiger partial charge in [-0.1, -0.05) is 25.1 Å². The number of nitrogens with one attached hydrogen (secondary N) is 1. The Kier molecular flexibility index (Phi) is 6.32. The number of fused-ring (bicyclic) bond motifs is 3. The van der Waals surface area contributed by atoms with Crippen molar-refractivity contribution in [3.05, 3.63) is 36.3 Å². The topological polar surface area (TPSA) is 103 Å². The third-order valence-electron chi connectivity index (χ3n) is 4.86. The third-order valence-corrected chi connectivity index (χ3v) is 5.59. The first kappa shape index (κ1) is 20.7. The molecule has 0 fully saturated rings. The molecule has 2 unspecified atom stereocenters. The number of unbranched alkanes of at least 4 members (excludes halogenated alkanes) is 1. The quantitative estimate of drug-likeness (QED) is 0.535. The molecule has 0 amide bonds. The van der Waals surface area contributed by atoms with Crippen LogP contribution in [0.1, 0.15) is 44.7 Å². The average Bonchev–Trinajstić information content (AvgIpc) is 3.03. The Bertz CT molecular complexity index is 1060. The van der Waals surface area contributed by atoms with Gasteiger partial charge in [0.15, 0.2) is 0 Å². The van der Waals surface area contributed by atoms with E-state index >= 15 is 0 Å². The molecule has 7 nitrogen and oxygen atoms in total. The van der Waals surface area contributed by atoms with Crippen molar-refractivity contribution in [2.45, 2.75) is 51.6 Å². The Morgan fingerprint density at radius 1 is 1.21 bits per heavy atom. The summed E-state index contributed by atoms with van der Waals surface area (Å²) in [5.41, 5.74) is 9.99. The van der Waals surface area contributed by atoms with E-state index in [4.69, 9.17) is 10.7 Å². The van der Waals surface area contributed by atoms with Crippen molar-refractivity contribution in [1.29, 1.82) is 0 Å². The number of rotatable bonds is 9. The maximum Gasteiger partial charge on any atom is 0.208 e. The van der Waals surface area contributed by atoms with Gasteiger partial charge in [0.25, 0.3) is 0 Å². The molecule has 3 N–H and O–H groups in total. The first-order valence-electron chi connectivity index (χ1n) is 9.70. The van der Waals surface area contributed by atoms with Crippen LogP contribution in [0.15, 0.2) is 30.6 Å². The minimum atomic E-state index is -3.13. The number of para-hydroxylation sites is 1. The molecule has 0 bridgehead atoms. The van der Waals surface area contributed by atoms with Gasteiger partial charge in [0.1, 0.15) is 5.52 Å². The van der Waals surface area contributed by atoms with Crippen molar-refractivity contribution in [3.63, 3.8) is 0 Å². The summed E-state index contributed by atoms with van der Waals surface area (Å²) in [7, 11) is -3.13. The van der Waals surface area contributed by atoms with Gasteiger partial charge in [-0.25, -0.2) is 18.1 Å². The molecule has 2 aromatic heterocycles. The van der Waals surface area contributed by atoms with Crippen LogP contribution in [-0.2, 0) is 16.6 Å². The van der Waals surface area contributed by atoms with Crippen LogP contribution < -0.4 is 10.5 Å². The van der Waals surface area contributed by atoms with Gasteiger partial charge in [-0.15, -0.1) is 0 Å². The molecular formula is C20H29N5O2S. The van der Waals surface area contributed by atoms with E-state index < -0.39 is 10.0 Å². The normalized spacial score (nSPS) is 14.6. The summed E-state index contributed by atoms with van der Waals surface area (Å²) in [5.74, 6) is 0.217. The van der Waals surface area contributed by atoms with Crippen LogP contribution >= 0.6 is 0 Å². The predicted octanol–water partition coefficient (Wildman–Crippen LogP) is 2.75. The Morgan fingerprint density at radius 2 is 1.96 bits per heavy atom. The lowest BCUT2D eigenvalue weighted by atomic mass is 9.97. The molecule has 0 saturated heterocycles. The van der Waals surface area contributed by atoms with Crippen molar-refractivity contribution in [2.75, 3.05) is 12.8 Å². The average molecular weight is 404 g/mol. The second-order valence-electron chi connectivity index (χ2n) is 7.64. The predicted molar refractivity (Wildman–Crippen MR) is 114 cm³/mol. The van der Waals surface area contributed by atoms with E-state index in [1.54, 1.807) is 0 Å². The second-order valence-corrected chi connectivity index (χ2v) is 9.47. The number of imidazole rings is 1. The van der Waals surface area contributed by atoms with Crippen LogP contribution in [-0.4, -0.2) is 41.8 Å². The summed E-state index contributed by atoms with van der Waals surface area (Å²) >= 11 is 0. The lowest BCUT2D eigenvalue weighted by molar-refractivity contribution is 0.573. The monoisotopic (exact) mass is 403 g/mol. The molecule has 3 aromatic rings. The SMILES string of the molecule is CC(N)CC(C)c1nc2ccccc2c2c1ncn2CCCCNS(C)(=O)=O. The largest absolute Gasteiger partial charge is 0.330 e. The number of pyridine rings is 1. The van der Waals surface area contributed by atoms with Gasteiger partial charge in [-0.05, 0) is 32.3 Å². The number of aryl methyl sites for hydroxylation is 1. The zero-order valence-corrected chi connectivity index (χ0v) is 17.5. The standard InChI is InChI=1S/C20H29N5O2S/c1-14(12-15(2)21)18-19-20(16-8-4-5-9-17(16)24-18)25(13-22-19)11-7-6-10-23-28(3,26)27/h4-5,8-9,13-15,23H,6-7,10-12,21H2,1-3H3. The van der Waals surface area contributed by atoms with Gasteiger partial charge in [-0.3, -0.25) is 4.98 Å². The summed E-state index contributed by atoms with van der Waals surface area (Å²) in [4.78, 5) is 9.58. The number of nitrogens with zero attached hydrogens (tertiary/aromatic N) is 3. The highest BCUT2D eigenvalue weighted by Crippen LogP contribution is 2.31. The number of nitrogens with two attached hydrogens (primary N) is 1. The zero-order chi connectivity index (χ0) is 20.3. The number of sulfonamides is 1. The van der Waals surface area contributed by atoms with Gasteiger partial charge < -0.3 is 10.3 Å². The summed E-state index contributed by atoms with van der Waals surface area (Å²) in [6, 6.07) is 8.22. The molecule has 2 heterocycles. The van der Waals surface area contributed by atoms with Gasteiger partial charge in [0, 0.05) is 30.4 Å². The van der Waals surface area contributed by atoms with E-state index in [-0.39, 0.29) is 12.0 Å². The smallest absolute Gasteiger partial charge is 0.208 e. The van der Waals surface area contributed by atoms with E-state index in [9.17, 15) is 8.42 Å². The first-order valence-corrected chi connectivity index (χ1v) is 11.6. The molecule has 0 saturated carbocycles. The number of aromatic nitrogens is 3. The highest BCUT2D eigenvalue weighted by molar-refractivity contribution is 7.88. The number of hydrogen-bond donors (Lipinski definition) is 2. The summed E-state index contributed by atoms with van der Waals surface area (Å²) in [5, 5.41) is 1.08. The van der Waals surface area contributed by atoms with Crippen LogP contribution in [0, 0.1) is 0 Å². The minimum absolute atomic E-state index is 0.0998. The van der Waals surface area contributed by atoms with E-state index in [0.717, 1.165) is 53.4 Å². The Balaban J connectivity index is 1.91. The minimum Gasteiger partial charge on any atom is -0.330 e. The molecule has 1 aromatic carbocycles. The molecule has 152 valence electrons. The Morgan fingerprint density at radius 3 is 2.68 bits per heavy atom.